The molecule has 2 aliphatic rings. The van der Waals surface area contributed by atoms with E-state index >= 15 is 0 Å². The highest BCUT2D eigenvalue weighted by Gasteiger charge is 2.41. The number of hydrogen-bond acceptors (Lipinski definition) is 6. The van der Waals surface area contributed by atoms with Crippen molar-refractivity contribution in [1.82, 2.24) is 15.1 Å². The Bertz CT molecular complexity index is 1030. The largest absolute Gasteiger partial charge is 0.465 e. The van der Waals surface area contributed by atoms with E-state index < -0.39 is 0 Å². The number of rotatable bonds is 6. The second-order valence-electron chi connectivity index (χ2n) is 8.97. The Morgan fingerprint density at radius 2 is 1.97 bits per heavy atom. The first kappa shape index (κ1) is 24.0. The van der Waals surface area contributed by atoms with Gasteiger partial charge in [0.05, 0.1) is 32.1 Å². The van der Waals surface area contributed by atoms with Crippen LogP contribution in [-0.4, -0.2) is 47.9 Å². The maximum absolute atomic E-state index is 12.9. The van der Waals surface area contributed by atoms with Gasteiger partial charge < -0.3 is 19.5 Å². The number of nitrogens with zero attached hydrogens (tertiary/aromatic N) is 2. The van der Waals surface area contributed by atoms with E-state index in [0.717, 1.165) is 52.5 Å². The van der Waals surface area contributed by atoms with E-state index in [9.17, 15) is 4.79 Å². The Kier molecular flexibility index (Phi) is 7.26. The molecule has 178 valence electrons. The summed E-state index contributed by atoms with van der Waals surface area (Å²) in [5.41, 5.74) is 4.08. The van der Waals surface area contributed by atoms with Gasteiger partial charge in [0.25, 0.3) is 0 Å². The zero-order valence-electron chi connectivity index (χ0n) is 19.7. The molecule has 2 heterocycles. The molecule has 4 rings (SSSR count). The summed E-state index contributed by atoms with van der Waals surface area (Å²) in [5, 5.41) is 7.86. The minimum Gasteiger partial charge on any atom is -0.465 e. The Hall–Kier alpha value is -2.16. The van der Waals surface area contributed by atoms with Crippen molar-refractivity contribution in [3.63, 3.8) is 0 Å². The molecule has 2 fully saturated rings. The molecule has 0 unspecified atom stereocenters. The molecule has 1 aromatic heterocycles. The number of allylic oxidation sites excluding steroid dienone is 1. The van der Waals surface area contributed by atoms with Crippen molar-refractivity contribution in [2.24, 2.45) is 13.0 Å². The fourth-order valence-electron chi connectivity index (χ4n) is 4.93. The van der Waals surface area contributed by atoms with Crippen LogP contribution in [0, 0.1) is 5.92 Å². The molecule has 1 spiro atoms. The van der Waals surface area contributed by atoms with Crippen molar-refractivity contribution >= 4 is 27.5 Å². The van der Waals surface area contributed by atoms with E-state index in [-0.39, 0.29) is 17.8 Å². The third kappa shape index (κ3) is 5.18. The number of nitrogens with one attached hydrogen (secondary N) is 1. The van der Waals surface area contributed by atoms with Gasteiger partial charge in [-0.15, -0.1) is 0 Å². The van der Waals surface area contributed by atoms with Crippen molar-refractivity contribution < 1.29 is 19.0 Å². The van der Waals surface area contributed by atoms with Gasteiger partial charge in [0.2, 0.25) is 0 Å². The number of carbonyl (C=O) groups excluding carboxylic acids is 1. The van der Waals surface area contributed by atoms with Crippen LogP contribution in [0.1, 0.15) is 45.1 Å². The van der Waals surface area contributed by atoms with Gasteiger partial charge >= 0.3 is 5.97 Å². The highest BCUT2D eigenvalue weighted by molar-refractivity contribution is 9.10. The van der Waals surface area contributed by atoms with Gasteiger partial charge in [-0.2, -0.15) is 5.10 Å². The van der Waals surface area contributed by atoms with Gasteiger partial charge in [0.1, 0.15) is 0 Å². The van der Waals surface area contributed by atoms with E-state index in [2.05, 4.69) is 33.3 Å². The summed E-state index contributed by atoms with van der Waals surface area (Å²) in [4.78, 5) is 12.9. The Morgan fingerprint density at radius 1 is 1.27 bits per heavy atom. The van der Waals surface area contributed by atoms with Crippen LogP contribution < -0.4 is 5.32 Å². The third-order valence-corrected chi connectivity index (χ3v) is 7.49. The lowest BCUT2D eigenvalue weighted by atomic mass is 9.81. The van der Waals surface area contributed by atoms with Crippen molar-refractivity contribution in [2.45, 2.75) is 51.4 Å². The number of aromatic nitrogens is 2. The van der Waals surface area contributed by atoms with Crippen LogP contribution >= 0.6 is 15.9 Å². The molecule has 8 heteroatoms. The summed E-state index contributed by atoms with van der Waals surface area (Å²) in [6.45, 7) is 5.50. The van der Waals surface area contributed by atoms with Gasteiger partial charge in [-0.05, 0) is 50.3 Å². The summed E-state index contributed by atoms with van der Waals surface area (Å²) >= 11 is 3.63. The van der Waals surface area contributed by atoms with Crippen LogP contribution in [0.3, 0.4) is 0 Å². The molecule has 0 amide bonds. The summed E-state index contributed by atoms with van der Waals surface area (Å²) in [5.74, 6) is -0.260. The van der Waals surface area contributed by atoms with E-state index in [0.29, 0.717) is 24.7 Å². The van der Waals surface area contributed by atoms with Crippen LogP contribution in [0.4, 0.5) is 0 Å². The maximum atomic E-state index is 12.9. The van der Waals surface area contributed by atoms with E-state index in [1.165, 1.54) is 7.11 Å². The van der Waals surface area contributed by atoms with E-state index in [4.69, 9.17) is 14.2 Å². The second kappa shape index (κ2) is 9.99. The zero-order chi connectivity index (χ0) is 23.6. The number of esters is 1. The molecule has 33 heavy (non-hydrogen) atoms. The smallest absolute Gasteiger partial charge is 0.340 e. The zero-order valence-corrected chi connectivity index (χ0v) is 21.3. The first-order valence-corrected chi connectivity index (χ1v) is 12.2. The minimum atomic E-state index is -0.369. The van der Waals surface area contributed by atoms with Crippen LogP contribution in [-0.2, 0) is 26.1 Å². The molecule has 1 saturated heterocycles. The van der Waals surface area contributed by atoms with Crippen molar-refractivity contribution in [3.05, 3.63) is 46.3 Å². The monoisotopic (exact) mass is 517 g/mol. The standard InChI is InChI=1S/C25H32BrN3O4/c1-16(18-7-9-25(10-8-18)32-11-12-33-25)28-17(2)23(24(30)31-4)21-13-19(5-6-22(21)26)20-14-27-29(3)15-20/h5-6,13-16,18,28H,7-12H2,1-4H3/b23-17+/t16-/m1/s1. The third-order valence-electron chi connectivity index (χ3n) is 6.80. The number of methoxy groups -OCH3 is 1. The Balaban J connectivity index is 1.57. The fourth-order valence-corrected chi connectivity index (χ4v) is 5.38. The van der Waals surface area contributed by atoms with Crippen LogP contribution in [0.5, 0.6) is 0 Å². The average Bonchev–Trinajstić information content (AvgIpc) is 3.44. The maximum Gasteiger partial charge on any atom is 0.340 e. The first-order chi connectivity index (χ1) is 15.8. The Morgan fingerprint density at radius 3 is 2.58 bits per heavy atom. The minimum absolute atomic E-state index is 0.198. The van der Waals surface area contributed by atoms with Crippen LogP contribution in [0.2, 0.25) is 0 Å². The van der Waals surface area contributed by atoms with E-state index in [1.54, 1.807) is 4.68 Å². The van der Waals surface area contributed by atoms with Crippen molar-refractivity contribution in [1.29, 1.82) is 0 Å². The fraction of sp³-hybridized carbons (Fsp3) is 0.520. The first-order valence-electron chi connectivity index (χ1n) is 11.4. The number of carbonyl (C=O) groups is 1. The number of hydrogen-bond donors (Lipinski definition) is 1. The lowest BCUT2D eigenvalue weighted by Crippen LogP contribution is -2.41. The molecule has 1 atom stereocenters. The van der Waals surface area contributed by atoms with Crippen molar-refractivity contribution in [2.75, 3.05) is 20.3 Å². The molecule has 1 aliphatic carbocycles. The predicted octanol–water partition coefficient (Wildman–Crippen LogP) is 4.67. The van der Waals surface area contributed by atoms with Gasteiger partial charge in [0.15, 0.2) is 5.79 Å². The summed E-state index contributed by atoms with van der Waals surface area (Å²) in [6, 6.07) is 6.17. The molecule has 0 bridgehead atoms. The number of halogens is 1. The quantitative estimate of drug-likeness (QED) is 0.443. The Labute approximate surface area is 203 Å². The molecule has 1 N–H and O–H groups in total. The lowest BCUT2D eigenvalue weighted by molar-refractivity contribution is -0.183. The summed E-state index contributed by atoms with van der Waals surface area (Å²) < 4.78 is 19.5. The normalized spacial score (nSPS) is 19.9. The number of benzene rings is 1. The SMILES string of the molecule is COC(=O)/C(=C(\C)N[C@H](C)C1CCC2(CC1)OCCO2)c1cc(-c2cnn(C)c2)ccc1Br. The number of aryl methyl sites for hydroxylation is 1. The molecule has 0 radical (unpaired) electrons. The van der Waals surface area contributed by atoms with Crippen LogP contribution in [0.15, 0.2) is 40.8 Å². The molecule has 2 aromatic rings. The predicted molar refractivity (Wildman–Crippen MR) is 130 cm³/mol. The molecule has 1 aliphatic heterocycles. The lowest BCUT2D eigenvalue weighted by Gasteiger charge is -2.38. The van der Waals surface area contributed by atoms with Gasteiger partial charge in [-0.3, -0.25) is 4.68 Å². The molecule has 7 nitrogen and oxygen atoms in total. The summed E-state index contributed by atoms with van der Waals surface area (Å²) in [7, 11) is 3.30. The highest BCUT2D eigenvalue weighted by Crippen LogP contribution is 2.40. The van der Waals surface area contributed by atoms with E-state index in [1.807, 2.05) is 44.6 Å². The molecular formula is C25H32BrN3O4. The van der Waals surface area contributed by atoms with Gasteiger partial charge in [-0.1, -0.05) is 22.0 Å². The van der Waals surface area contributed by atoms with Crippen molar-refractivity contribution in [3.8, 4) is 11.1 Å². The molecule has 1 aromatic carbocycles. The number of ether oxygens (including phenoxy) is 3. The molecular weight excluding hydrogens is 486 g/mol. The second-order valence-corrected chi connectivity index (χ2v) is 9.82. The van der Waals surface area contributed by atoms with Gasteiger partial charge in [0, 0.05) is 53.4 Å². The molecule has 1 saturated carbocycles. The highest BCUT2D eigenvalue weighted by atomic mass is 79.9. The van der Waals surface area contributed by atoms with Gasteiger partial charge in [-0.25, -0.2) is 4.79 Å². The summed E-state index contributed by atoms with van der Waals surface area (Å²) in [6.07, 6.45) is 7.64. The topological polar surface area (TPSA) is 74.6 Å². The average molecular weight is 518 g/mol. The van der Waals surface area contributed by atoms with Crippen LogP contribution in [0.25, 0.3) is 16.7 Å².